The van der Waals surface area contributed by atoms with Gasteiger partial charge in [0, 0.05) is 12.2 Å². The number of amides is 2. The van der Waals surface area contributed by atoms with Gasteiger partial charge in [0.2, 0.25) is 0 Å². The van der Waals surface area contributed by atoms with Gasteiger partial charge in [-0.1, -0.05) is 29.8 Å². The Hall–Kier alpha value is -1.77. The molecular formula is C17H24N2O. The Balaban J connectivity index is 1.79. The van der Waals surface area contributed by atoms with Crippen molar-refractivity contribution < 1.29 is 4.79 Å². The predicted molar refractivity (Wildman–Crippen MR) is 84.1 cm³/mol. The first-order chi connectivity index (χ1) is 9.66. The second-order valence-corrected chi connectivity index (χ2v) is 5.51. The van der Waals surface area contributed by atoms with Crippen molar-refractivity contribution in [2.24, 2.45) is 0 Å². The van der Waals surface area contributed by atoms with Gasteiger partial charge in [-0.15, -0.1) is 0 Å². The van der Waals surface area contributed by atoms with Gasteiger partial charge in [-0.2, -0.15) is 0 Å². The first kappa shape index (κ1) is 14.6. The molecule has 2 N–H and O–H groups in total. The van der Waals surface area contributed by atoms with Crippen molar-refractivity contribution in [2.45, 2.75) is 46.0 Å². The van der Waals surface area contributed by atoms with Crippen LogP contribution in [0.4, 0.5) is 10.5 Å². The molecule has 2 rings (SSSR count). The summed E-state index contributed by atoms with van der Waals surface area (Å²) in [5.74, 6) is 0. The summed E-state index contributed by atoms with van der Waals surface area (Å²) in [6, 6.07) is 5.91. The van der Waals surface area contributed by atoms with Gasteiger partial charge in [-0.25, -0.2) is 4.79 Å². The van der Waals surface area contributed by atoms with Crippen molar-refractivity contribution >= 4 is 11.7 Å². The fraction of sp³-hybridized carbons (Fsp3) is 0.471. The van der Waals surface area contributed by atoms with Crippen LogP contribution in [-0.4, -0.2) is 12.6 Å². The smallest absolute Gasteiger partial charge is 0.319 e. The van der Waals surface area contributed by atoms with E-state index in [2.05, 4.69) is 16.7 Å². The minimum absolute atomic E-state index is 0.112. The van der Waals surface area contributed by atoms with Gasteiger partial charge in [0.1, 0.15) is 0 Å². The quantitative estimate of drug-likeness (QED) is 0.788. The van der Waals surface area contributed by atoms with Gasteiger partial charge < -0.3 is 10.6 Å². The molecule has 1 aromatic rings. The van der Waals surface area contributed by atoms with Crippen LogP contribution in [0.2, 0.25) is 0 Å². The minimum atomic E-state index is -0.112. The fourth-order valence-corrected chi connectivity index (χ4v) is 2.64. The monoisotopic (exact) mass is 272 g/mol. The molecule has 0 heterocycles. The maximum Gasteiger partial charge on any atom is 0.319 e. The lowest BCUT2D eigenvalue weighted by molar-refractivity contribution is 0.252. The topological polar surface area (TPSA) is 41.1 Å². The Morgan fingerprint density at radius 1 is 1.20 bits per heavy atom. The van der Waals surface area contributed by atoms with Crippen LogP contribution in [0.3, 0.4) is 0 Å². The van der Waals surface area contributed by atoms with E-state index in [9.17, 15) is 4.79 Å². The molecule has 1 aliphatic rings. The van der Waals surface area contributed by atoms with Gasteiger partial charge in [0.25, 0.3) is 0 Å². The lowest BCUT2D eigenvalue weighted by Gasteiger charge is -2.14. The summed E-state index contributed by atoms with van der Waals surface area (Å²) in [7, 11) is 0. The summed E-state index contributed by atoms with van der Waals surface area (Å²) < 4.78 is 0. The Bertz CT molecular complexity index is 485. The summed E-state index contributed by atoms with van der Waals surface area (Å²) in [5.41, 5.74) is 4.59. The van der Waals surface area contributed by atoms with Crippen LogP contribution in [0.25, 0.3) is 0 Å². The minimum Gasteiger partial charge on any atom is -0.338 e. The molecule has 0 atom stereocenters. The summed E-state index contributed by atoms with van der Waals surface area (Å²) >= 11 is 0. The van der Waals surface area contributed by atoms with Crippen LogP contribution < -0.4 is 10.6 Å². The van der Waals surface area contributed by atoms with E-state index < -0.39 is 0 Å². The van der Waals surface area contributed by atoms with E-state index in [1.165, 1.54) is 31.3 Å². The van der Waals surface area contributed by atoms with Crippen LogP contribution in [0, 0.1) is 13.8 Å². The number of aryl methyl sites for hydroxylation is 2. The summed E-state index contributed by atoms with van der Waals surface area (Å²) in [4.78, 5) is 11.9. The molecule has 3 heteroatoms. The average molecular weight is 272 g/mol. The zero-order chi connectivity index (χ0) is 14.4. The van der Waals surface area contributed by atoms with Crippen molar-refractivity contribution in [2.75, 3.05) is 11.9 Å². The molecule has 1 aliphatic carbocycles. The lowest BCUT2D eigenvalue weighted by Crippen LogP contribution is -2.30. The van der Waals surface area contributed by atoms with Crippen LogP contribution in [0.15, 0.2) is 29.8 Å². The zero-order valence-corrected chi connectivity index (χ0v) is 12.5. The molecule has 0 aliphatic heterocycles. The standard InChI is InChI=1S/C17H24N2O/c1-13-7-6-8-14(2)16(13)19-17(20)18-12-11-15-9-4-3-5-10-15/h6-9H,3-5,10-12H2,1-2H3,(H2,18,19,20). The van der Waals surface area contributed by atoms with Gasteiger partial charge in [-0.05, 0) is 57.1 Å². The second kappa shape index (κ2) is 7.13. The lowest BCUT2D eigenvalue weighted by atomic mass is 9.97. The molecule has 0 unspecified atom stereocenters. The van der Waals surface area contributed by atoms with Crippen LogP contribution in [-0.2, 0) is 0 Å². The molecule has 0 radical (unpaired) electrons. The number of benzene rings is 1. The van der Waals surface area contributed by atoms with E-state index in [4.69, 9.17) is 0 Å². The van der Waals surface area contributed by atoms with E-state index in [0.717, 1.165) is 23.2 Å². The van der Waals surface area contributed by atoms with Crippen molar-refractivity contribution in [3.05, 3.63) is 41.0 Å². The Kier molecular flexibility index (Phi) is 5.22. The molecule has 0 saturated heterocycles. The van der Waals surface area contributed by atoms with Crippen LogP contribution >= 0.6 is 0 Å². The highest BCUT2D eigenvalue weighted by atomic mass is 16.2. The Labute approximate surface area is 121 Å². The normalized spacial score (nSPS) is 14.6. The number of hydrogen-bond donors (Lipinski definition) is 2. The Morgan fingerprint density at radius 2 is 1.95 bits per heavy atom. The van der Waals surface area contributed by atoms with Gasteiger partial charge >= 0.3 is 6.03 Å². The van der Waals surface area contributed by atoms with E-state index in [1.54, 1.807) is 0 Å². The number of urea groups is 1. The number of nitrogens with one attached hydrogen (secondary N) is 2. The van der Waals surface area contributed by atoms with Crippen molar-refractivity contribution in [1.82, 2.24) is 5.32 Å². The van der Waals surface area contributed by atoms with E-state index in [-0.39, 0.29) is 6.03 Å². The molecule has 0 spiro atoms. The van der Waals surface area contributed by atoms with E-state index in [1.807, 2.05) is 32.0 Å². The number of carbonyl (C=O) groups is 1. The number of para-hydroxylation sites is 1. The predicted octanol–water partition coefficient (Wildman–Crippen LogP) is 4.32. The summed E-state index contributed by atoms with van der Waals surface area (Å²) in [5, 5.41) is 5.89. The third-order valence-corrected chi connectivity index (χ3v) is 3.84. The van der Waals surface area contributed by atoms with Gasteiger partial charge in [-0.3, -0.25) is 0 Å². The highest BCUT2D eigenvalue weighted by Gasteiger charge is 2.07. The number of rotatable bonds is 4. The van der Waals surface area contributed by atoms with Gasteiger partial charge in [0.15, 0.2) is 0 Å². The molecule has 0 bridgehead atoms. The molecule has 3 nitrogen and oxygen atoms in total. The Morgan fingerprint density at radius 3 is 2.60 bits per heavy atom. The summed E-state index contributed by atoms with van der Waals surface area (Å²) in [6.07, 6.45) is 8.29. The number of anilines is 1. The maximum absolute atomic E-state index is 11.9. The maximum atomic E-state index is 11.9. The highest BCUT2D eigenvalue weighted by molar-refractivity contribution is 5.90. The molecule has 108 valence electrons. The van der Waals surface area contributed by atoms with Crippen LogP contribution in [0.5, 0.6) is 0 Å². The molecule has 0 saturated carbocycles. The molecule has 0 aromatic heterocycles. The SMILES string of the molecule is Cc1cccc(C)c1NC(=O)NCCC1=CCCCC1. The number of allylic oxidation sites excluding steroid dienone is 1. The molecule has 1 aromatic carbocycles. The molecule has 20 heavy (non-hydrogen) atoms. The third kappa shape index (κ3) is 4.12. The fourth-order valence-electron chi connectivity index (χ4n) is 2.64. The molecule has 2 amide bonds. The van der Waals surface area contributed by atoms with Crippen molar-refractivity contribution in [3.63, 3.8) is 0 Å². The van der Waals surface area contributed by atoms with Crippen molar-refractivity contribution in [1.29, 1.82) is 0 Å². The first-order valence-corrected chi connectivity index (χ1v) is 7.46. The molecular weight excluding hydrogens is 248 g/mol. The average Bonchev–Trinajstić information content (AvgIpc) is 2.44. The number of hydrogen-bond acceptors (Lipinski definition) is 1. The van der Waals surface area contributed by atoms with Crippen molar-refractivity contribution in [3.8, 4) is 0 Å². The van der Waals surface area contributed by atoms with E-state index in [0.29, 0.717) is 6.54 Å². The summed E-state index contributed by atoms with van der Waals surface area (Å²) in [6.45, 7) is 4.73. The highest BCUT2D eigenvalue weighted by Crippen LogP contribution is 2.20. The second-order valence-electron chi connectivity index (χ2n) is 5.51. The molecule has 0 fully saturated rings. The van der Waals surface area contributed by atoms with E-state index >= 15 is 0 Å². The zero-order valence-electron chi connectivity index (χ0n) is 12.5. The third-order valence-electron chi connectivity index (χ3n) is 3.84. The largest absolute Gasteiger partial charge is 0.338 e. The van der Waals surface area contributed by atoms with Gasteiger partial charge in [0.05, 0.1) is 0 Å². The number of carbonyl (C=O) groups excluding carboxylic acids is 1. The first-order valence-electron chi connectivity index (χ1n) is 7.46. The van der Waals surface area contributed by atoms with Crippen LogP contribution in [0.1, 0.15) is 43.2 Å².